The van der Waals surface area contributed by atoms with Gasteiger partial charge in [0.2, 0.25) is 5.91 Å². The molecular formula is C18H23NO5. The molecule has 1 aromatic carbocycles. The van der Waals surface area contributed by atoms with Crippen LogP contribution in [0.4, 0.5) is 0 Å². The van der Waals surface area contributed by atoms with E-state index >= 15 is 0 Å². The number of amides is 1. The normalized spacial score (nSPS) is 10.8. The highest BCUT2D eigenvalue weighted by Crippen LogP contribution is 2.24. The minimum Gasteiger partial charge on any atom is -0.497 e. The second-order valence-corrected chi connectivity index (χ2v) is 5.55. The Morgan fingerprint density at radius 1 is 1.38 bits per heavy atom. The van der Waals surface area contributed by atoms with E-state index in [0.717, 1.165) is 10.9 Å². The van der Waals surface area contributed by atoms with Crippen LogP contribution in [0.2, 0.25) is 0 Å². The van der Waals surface area contributed by atoms with Crippen molar-refractivity contribution in [3.63, 3.8) is 0 Å². The highest BCUT2D eigenvalue weighted by Gasteiger charge is 2.16. The minimum absolute atomic E-state index is 0.0709. The molecule has 0 saturated heterocycles. The summed E-state index contributed by atoms with van der Waals surface area (Å²) in [6.45, 7) is 4.48. The number of hydrogen-bond acceptors (Lipinski definition) is 5. The van der Waals surface area contributed by atoms with Gasteiger partial charge in [-0.2, -0.15) is 0 Å². The Balaban J connectivity index is 2.26. The molecule has 6 heteroatoms. The van der Waals surface area contributed by atoms with Crippen molar-refractivity contribution in [2.24, 2.45) is 0 Å². The highest BCUT2D eigenvalue weighted by molar-refractivity contribution is 5.82. The molecule has 0 radical (unpaired) electrons. The van der Waals surface area contributed by atoms with Crippen LogP contribution in [0.5, 0.6) is 5.75 Å². The number of fused-ring (bicyclic) bond motifs is 1. The maximum Gasteiger partial charge on any atom is 0.339 e. The number of carbonyl (C=O) groups is 1. The number of nitrogens with zero attached hydrogens (tertiary/aromatic N) is 1. The molecule has 0 saturated carbocycles. The van der Waals surface area contributed by atoms with Crippen molar-refractivity contribution < 1.29 is 19.1 Å². The molecular weight excluding hydrogens is 310 g/mol. The van der Waals surface area contributed by atoms with Crippen molar-refractivity contribution in [1.82, 2.24) is 4.90 Å². The van der Waals surface area contributed by atoms with Crippen molar-refractivity contribution >= 4 is 16.9 Å². The molecule has 1 N–H and O–H groups in total. The van der Waals surface area contributed by atoms with Gasteiger partial charge in [-0.3, -0.25) is 4.79 Å². The van der Waals surface area contributed by atoms with Gasteiger partial charge in [-0.25, -0.2) is 4.79 Å². The first-order chi connectivity index (χ1) is 11.5. The molecule has 0 aliphatic carbocycles. The monoisotopic (exact) mass is 333 g/mol. The first-order valence-corrected chi connectivity index (χ1v) is 8.00. The summed E-state index contributed by atoms with van der Waals surface area (Å²) in [5.41, 5.74) is 1.39. The topological polar surface area (TPSA) is 80.0 Å². The third-order valence-electron chi connectivity index (χ3n) is 4.19. The van der Waals surface area contributed by atoms with E-state index in [-0.39, 0.29) is 18.9 Å². The zero-order chi connectivity index (χ0) is 17.7. The summed E-state index contributed by atoms with van der Waals surface area (Å²) in [5, 5.41) is 9.82. The Morgan fingerprint density at radius 3 is 2.75 bits per heavy atom. The van der Waals surface area contributed by atoms with Crippen LogP contribution in [-0.4, -0.2) is 42.7 Å². The van der Waals surface area contributed by atoms with Gasteiger partial charge in [0.1, 0.15) is 11.3 Å². The number of rotatable bonds is 7. The van der Waals surface area contributed by atoms with Gasteiger partial charge in [-0.15, -0.1) is 0 Å². The number of ether oxygens (including phenoxy) is 1. The van der Waals surface area contributed by atoms with E-state index in [0.29, 0.717) is 36.4 Å². The second kappa shape index (κ2) is 7.97. The third-order valence-corrected chi connectivity index (χ3v) is 4.19. The number of aryl methyl sites for hydroxylation is 1. The molecule has 0 spiro atoms. The van der Waals surface area contributed by atoms with E-state index in [1.807, 2.05) is 26.0 Å². The van der Waals surface area contributed by atoms with Crippen LogP contribution in [0.3, 0.4) is 0 Å². The Labute approximate surface area is 140 Å². The quantitative estimate of drug-likeness (QED) is 0.783. The molecule has 130 valence electrons. The minimum atomic E-state index is -0.425. The standard InChI is InChI=1S/C18H23NO5/c1-4-19(9-10-20)17(21)8-7-15-12(2)14-6-5-13(23-3)11-16(14)24-18(15)22/h5-6,11,20H,4,7-10H2,1-3H3. The van der Waals surface area contributed by atoms with Gasteiger partial charge in [0.15, 0.2) is 0 Å². The van der Waals surface area contributed by atoms with Crippen LogP contribution in [-0.2, 0) is 11.2 Å². The maximum atomic E-state index is 12.3. The molecule has 0 unspecified atom stereocenters. The Hall–Kier alpha value is -2.34. The third kappa shape index (κ3) is 3.76. The van der Waals surface area contributed by atoms with Crippen molar-refractivity contribution in [3.05, 3.63) is 39.7 Å². The summed E-state index contributed by atoms with van der Waals surface area (Å²) in [6, 6.07) is 5.34. The number of benzene rings is 1. The summed E-state index contributed by atoms with van der Waals surface area (Å²) in [5.74, 6) is 0.538. The average molecular weight is 333 g/mol. The van der Waals surface area contributed by atoms with E-state index < -0.39 is 5.63 Å². The summed E-state index contributed by atoms with van der Waals surface area (Å²) in [7, 11) is 1.55. The Kier molecular flexibility index (Phi) is 5.98. The Bertz CT molecular complexity index is 781. The molecule has 0 atom stereocenters. The zero-order valence-electron chi connectivity index (χ0n) is 14.3. The predicted molar refractivity (Wildman–Crippen MR) is 91.4 cm³/mol. The molecule has 2 aromatic rings. The number of aliphatic hydroxyl groups is 1. The maximum absolute atomic E-state index is 12.3. The van der Waals surface area contributed by atoms with Crippen LogP contribution < -0.4 is 10.4 Å². The molecule has 0 fully saturated rings. The number of hydrogen-bond donors (Lipinski definition) is 1. The first-order valence-electron chi connectivity index (χ1n) is 8.00. The fourth-order valence-electron chi connectivity index (χ4n) is 2.76. The summed E-state index contributed by atoms with van der Waals surface area (Å²) in [6.07, 6.45) is 0.526. The fourth-order valence-corrected chi connectivity index (χ4v) is 2.76. The van der Waals surface area contributed by atoms with Gasteiger partial charge >= 0.3 is 5.63 Å². The van der Waals surface area contributed by atoms with Gasteiger partial charge in [-0.1, -0.05) is 0 Å². The van der Waals surface area contributed by atoms with E-state index in [4.69, 9.17) is 14.3 Å². The van der Waals surface area contributed by atoms with Gasteiger partial charge in [0, 0.05) is 36.5 Å². The predicted octanol–water partition coefficient (Wildman–Crippen LogP) is 1.88. The first kappa shape index (κ1) is 18.0. The van der Waals surface area contributed by atoms with Gasteiger partial charge in [-0.05, 0) is 38.0 Å². The number of aliphatic hydroxyl groups excluding tert-OH is 1. The van der Waals surface area contributed by atoms with Crippen molar-refractivity contribution in [2.75, 3.05) is 26.8 Å². The van der Waals surface area contributed by atoms with Crippen LogP contribution in [0, 0.1) is 6.92 Å². The summed E-state index contributed by atoms with van der Waals surface area (Å²) in [4.78, 5) is 26.0. The van der Waals surface area contributed by atoms with Crippen LogP contribution in [0.15, 0.2) is 27.4 Å². The molecule has 1 aromatic heterocycles. The van der Waals surface area contributed by atoms with E-state index in [9.17, 15) is 9.59 Å². The lowest BCUT2D eigenvalue weighted by Crippen LogP contribution is -2.33. The van der Waals surface area contributed by atoms with Crippen LogP contribution >= 0.6 is 0 Å². The average Bonchev–Trinajstić information content (AvgIpc) is 2.58. The summed E-state index contributed by atoms with van der Waals surface area (Å²) >= 11 is 0. The molecule has 24 heavy (non-hydrogen) atoms. The molecule has 0 aliphatic heterocycles. The SMILES string of the molecule is CCN(CCO)C(=O)CCc1c(C)c2ccc(OC)cc2oc1=O. The van der Waals surface area contributed by atoms with Crippen molar-refractivity contribution in [1.29, 1.82) is 0 Å². The molecule has 1 heterocycles. The van der Waals surface area contributed by atoms with E-state index in [1.165, 1.54) is 0 Å². The van der Waals surface area contributed by atoms with E-state index in [1.54, 1.807) is 18.1 Å². The number of likely N-dealkylation sites (N-methyl/N-ethyl adjacent to an activating group) is 1. The molecule has 1 amide bonds. The van der Waals surface area contributed by atoms with Crippen LogP contribution in [0.25, 0.3) is 11.0 Å². The summed E-state index contributed by atoms with van der Waals surface area (Å²) < 4.78 is 10.5. The molecule has 0 bridgehead atoms. The molecule has 0 aliphatic rings. The number of methoxy groups -OCH3 is 1. The second-order valence-electron chi connectivity index (χ2n) is 5.55. The highest BCUT2D eigenvalue weighted by atomic mass is 16.5. The lowest BCUT2D eigenvalue weighted by molar-refractivity contribution is -0.131. The Morgan fingerprint density at radius 2 is 2.12 bits per heavy atom. The fraction of sp³-hybridized carbons (Fsp3) is 0.444. The zero-order valence-corrected chi connectivity index (χ0v) is 14.3. The lowest BCUT2D eigenvalue weighted by Gasteiger charge is -2.19. The van der Waals surface area contributed by atoms with Gasteiger partial charge < -0.3 is 19.2 Å². The van der Waals surface area contributed by atoms with Crippen molar-refractivity contribution in [2.45, 2.75) is 26.7 Å². The lowest BCUT2D eigenvalue weighted by atomic mass is 10.0. The number of carbonyl (C=O) groups excluding carboxylic acids is 1. The molecule has 6 nitrogen and oxygen atoms in total. The van der Waals surface area contributed by atoms with Crippen LogP contribution in [0.1, 0.15) is 24.5 Å². The van der Waals surface area contributed by atoms with Crippen molar-refractivity contribution in [3.8, 4) is 5.75 Å². The largest absolute Gasteiger partial charge is 0.497 e. The molecule has 2 rings (SSSR count). The van der Waals surface area contributed by atoms with Gasteiger partial charge in [0.05, 0.1) is 13.7 Å². The smallest absolute Gasteiger partial charge is 0.339 e. The van der Waals surface area contributed by atoms with Gasteiger partial charge in [0.25, 0.3) is 0 Å². The van der Waals surface area contributed by atoms with E-state index in [2.05, 4.69) is 0 Å².